The summed E-state index contributed by atoms with van der Waals surface area (Å²) in [7, 11) is 0. The third-order valence-corrected chi connectivity index (χ3v) is 3.15. The molecule has 1 aliphatic rings. The lowest BCUT2D eigenvalue weighted by Gasteiger charge is -2.37. The predicted octanol–water partition coefficient (Wildman–Crippen LogP) is 1.55. The summed E-state index contributed by atoms with van der Waals surface area (Å²) in [5.41, 5.74) is 0.595. The Morgan fingerprint density at radius 1 is 1.33 bits per heavy atom. The second-order valence-electron chi connectivity index (χ2n) is 4.69. The van der Waals surface area contributed by atoms with E-state index in [1.54, 1.807) is 0 Å². The normalized spacial score (nSPS) is 25.3. The van der Waals surface area contributed by atoms with Gasteiger partial charge >= 0.3 is 0 Å². The summed E-state index contributed by atoms with van der Waals surface area (Å²) < 4.78 is 31.6. The lowest BCUT2D eigenvalue weighted by atomic mass is 10.1. The van der Waals surface area contributed by atoms with E-state index in [2.05, 4.69) is 4.90 Å². The van der Waals surface area contributed by atoms with Crippen LogP contribution in [0.1, 0.15) is 12.5 Å². The van der Waals surface area contributed by atoms with Crippen molar-refractivity contribution in [2.75, 3.05) is 19.8 Å². The second kappa shape index (κ2) is 5.73. The van der Waals surface area contributed by atoms with E-state index in [1.165, 1.54) is 12.1 Å². The van der Waals surface area contributed by atoms with Gasteiger partial charge in [0.15, 0.2) is 0 Å². The van der Waals surface area contributed by atoms with Gasteiger partial charge in [-0.15, -0.1) is 0 Å². The molecule has 18 heavy (non-hydrogen) atoms. The highest BCUT2D eigenvalue weighted by Crippen LogP contribution is 2.17. The SMILES string of the molecule is CC1COC(CO)CN1Cc1cc(F)cc(F)c1. The number of ether oxygens (including phenoxy) is 1. The number of hydrogen-bond acceptors (Lipinski definition) is 3. The molecule has 1 aromatic rings. The Bertz CT molecular complexity index is 394. The Morgan fingerprint density at radius 3 is 2.61 bits per heavy atom. The van der Waals surface area contributed by atoms with Gasteiger partial charge < -0.3 is 9.84 Å². The molecule has 2 unspecified atom stereocenters. The molecule has 1 heterocycles. The summed E-state index contributed by atoms with van der Waals surface area (Å²) in [6.45, 7) is 3.48. The first-order valence-corrected chi connectivity index (χ1v) is 6.00. The van der Waals surface area contributed by atoms with Crippen LogP contribution in [0.4, 0.5) is 8.78 Å². The van der Waals surface area contributed by atoms with Gasteiger partial charge in [-0.2, -0.15) is 0 Å². The molecule has 1 fully saturated rings. The summed E-state index contributed by atoms with van der Waals surface area (Å²) in [6, 6.07) is 3.69. The first-order valence-electron chi connectivity index (χ1n) is 6.00. The monoisotopic (exact) mass is 257 g/mol. The molecule has 0 saturated carbocycles. The van der Waals surface area contributed by atoms with Crippen molar-refractivity contribution in [2.45, 2.75) is 25.6 Å². The molecule has 1 aliphatic heterocycles. The summed E-state index contributed by atoms with van der Waals surface area (Å²) in [5, 5.41) is 9.08. The smallest absolute Gasteiger partial charge is 0.126 e. The van der Waals surface area contributed by atoms with Gasteiger partial charge in [0.25, 0.3) is 0 Å². The van der Waals surface area contributed by atoms with Gasteiger partial charge in [-0.25, -0.2) is 8.78 Å². The number of aliphatic hydroxyl groups excluding tert-OH is 1. The van der Waals surface area contributed by atoms with E-state index in [-0.39, 0.29) is 18.8 Å². The summed E-state index contributed by atoms with van der Waals surface area (Å²) in [6.07, 6.45) is -0.223. The zero-order valence-corrected chi connectivity index (χ0v) is 10.3. The number of halogens is 2. The molecule has 0 aromatic heterocycles. The largest absolute Gasteiger partial charge is 0.394 e. The summed E-state index contributed by atoms with van der Waals surface area (Å²) in [5.74, 6) is -1.13. The highest BCUT2D eigenvalue weighted by Gasteiger charge is 2.25. The average Bonchev–Trinajstić information content (AvgIpc) is 2.30. The van der Waals surface area contributed by atoms with E-state index in [9.17, 15) is 8.78 Å². The van der Waals surface area contributed by atoms with Crippen LogP contribution in [0.15, 0.2) is 18.2 Å². The van der Waals surface area contributed by atoms with Crippen LogP contribution in [-0.4, -0.2) is 41.9 Å². The van der Waals surface area contributed by atoms with Gasteiger partial charge in [0.2, 0.25) is 0 Å². The highest BCUT2D eigenvalue weighted by atomic mass is 19.1. The molecule has 1 aromatic carbocycles. The standard InChI is InChI=1S/C13H17F2NO2/c1-9-8-18-13(7-17)6-16(9)5-10-2-11(14)4-12(15)3-10/h2-4,9,13,17H,5-8H2,1H3. The van der Waals surface area contributed by atoms with E-state index in [4.69, 9.17) is 9.84 Å². The van der Waals surface area contributed by atoms with Crippen LogP contribution >= 0.6 is 0 Å². The Hall–Kier alpha value is -1.04. The van der Waals surface area contributed by atoms with Crippen molar-refractivity contribution in [3.05, 3.63) is 35.4 Å². The fourth-order valence-electron chi connectivity index (χ4n) is 2.14. The molecule has 3 nitrogen and oxygen atoms in total. The quantitative estimate of drug-likeness (QED) is 0.891. The minimum atomic E-state index is -0.565. The van der Waals surface area contributed by atoms with Crippen LogP contribution in [0, 0.1) is 11.6 Å². The van der Waals surface area contributed by atoms with Crippen LogP contribution in [0.25, 0.3) is 0 Å². The van der Waals surface area contributed by atoms with Crippen molar-refractivity contribution in [1.82, 2.24) is 4.90 Å². The van der Waals surface area contributed by atoms with Crippen molar-refractivity contribution in [3.63, 3.8) is 0 Å². The minimum Gasteiger partial charge on any atom is -0.394 e. The van der Waals surface area contributed by atoms with Crippen LogP contribution < -0.4 is 0 Å². The van der Waals surface area contributed by atoms with Crippen molar-refractivity contribution in [1.29, 1.82) is 0 Å². The fraction of sp³-hybridized carbons (Fsp3) is 0.538. The molecule has 1 saturated heterocycles. The minimum absolute atomic E-state index is 0.0409. The number of rotatable bonds is 3. The fourth-order valence-corrected chi connectivity index (χ4v) is 2.14. The van der Waals surface area contributed by atoms with Crippen LogP contribution in [0.5, 0.6) is 0 Å². The van der Waals surface area contributed by atoms with Crippen molar-refractivity contribution in [3.8, 4) is 0 Å². The van der Waals surface area contributed by atoms with E-state index in [0.717, 1.165) is 6.07 Å². The number of benzene rings is 1. The van der Waals surface area contributed by atoms with E-state index in [1.807, 2.05) is 6.92 Å². The van der Waals surface area contributed by atoms with Gasteiger partial charge in [0.05, 0.1) is 19.3 Å². The maximum Gasteiger partial charge on any atom is 0.126 e. The maximum atomic E-state index is 13.1. The van der Waals surface area contributed by atoms with Gasteiger partial charge in [-0.1, -0.05) is 0 Å². The number of aliphatic hydroxyl groups is 1. The first kappa shape index (κ1) is 13.4. The molecular weight excluding hydrogens is 240 g/mol. The van der Waals surface area contributed by atoms with E-state index >= 15 is 0 Å². The van der Waals surface area contributed by atoms with Crippen LogP contribution in [0.3, 0.4) is 0 Å². The molecular formula is C13H17F2NO2. The number of morpholine rings is 1. The molecule has 0 bridgehead atoms. The molecule has 100 valence electrons. The summed E-state index contributed by atoms with van der Waals surface area (Å²) in [4.78, 5) is 2.05. The third-order valence-electron chi connectivity index (χ3n) is 3.15. The van der Waals surface area contributed by atoms with Gasteiger partial charge in [0, 0.05) is 25.2 Å². The number of nitrogens with zero attached hydrogens (tertiary/aromatic N) is 1. The molecule has 2 atom stereocenters. The zero-order valence-electron chi connectivity index (χ0n) is 10.3. The molecule has 0 amide bonds. The molecule has 5 heteroatoms. The van der Waals surface area contributed by atoms with Crippen molar-refractivity contribution >= 4 is 0 Å². The van der Waals surface area contributed by atoms with E-state index < -0.39 is 11.6 Å². The summed E-state index contributed by atoms with van der Waals surface area (Å²) >= 11 is 0. The predicted molar refractivity (Wildman–Crippen MR) is 63.1 cm³/mol. The zero-order chi connectivity index (χ0) is 13.1. The first-order chi connectivity index (χ1) is 8.58. The number of hydrogen-bond donors (Lipinski definition) is 1. The van der Waals surface area contributed by atoms with Crippen molar-refractivity contribution < 1.29 is 18.6 Å². The Morgan fingerprint density at radius 2 is 2.00 bits per heavy atom. The van der Waals surface area contributed by atoms with Crippen LogP contribution in [-0.2, 0) is 11.3 Å². The van der Waals surface area contributed by atoms with Gasteiger partial charge in [-0.3, -0.25) is 4.90 Å². The second-order valence-corrected chi connectivity index (χ2v) is 4.69. The third kappa shape index (κ3) is 3.25. The Labute approximate surface area is 105 Å². The topological polar surface area (TPSA) is 32.7 Å². The molecule has 0 aliphatic carbocycles. The Balaban J connectivity index is 2.06. The van der Waals surface area contributed by atoms with E-state index in [0.29, 0.717) is 25.3 Å². The van der Waals surface area contributed by atoms with Crippen molar-refractivity contribution in [2.24, 2.45) is 0 Å². The molecule has 0 spiro atoms. The molecule has 1 N–H and O–H groups in total. The lowest BCUT2D eigenvalue weighted by Crippen LogP contribution is -2.48. The highest BCUT2D eigenvalue weighted by molar-refractivity contribution is 5.18. The molecule has 2 rings (SSSR count). The Kier molecular flexibility index (Phi) is 4.27. The maximum absolute atomic E-state index is 13.1. The van der Waals surface area contributed by atoms with Gasteiger partial charge in [-0.05, 0) is 24.6 Å². The average molecular weight is 257 g/mol. The van der Waals surface area contributed by atoms with Gasteiger partial charge in [0.1, 0.15) is 11.6 Å². The molecule has 0 radical (unpaired) electrons. The van der Waals surface area contributed by atoms with Crippen LogP contribution in [0.2, 0.25) is 0 Å². The lowest BCUT2D eigenvalue weighted by molar-refractivity contribution is -0.0805.